The van der Waals surface area contributed by atoms with Crippen LogP contribution in [0.15, 0.2) is 18.5 Å². The number of rotatable bonds is 5. The Kier molecular flexibility index (Phi) is 6.65. The molecule has 0 spiro atoms. The Morgan fingerprint density at radius 2 is 2.12 bits per heavy atom. The number of fused-ring (bicyclic) bond motifs is 1. The maximum atomic E-state index is 14.5. The molecule has 2 atom stereocenters. The molecule has 1 saturated carbocycles. The van der Waals surface area contributed by atoms with E-state index in [1.54, 1.807) is 6.07 Å². The summed E-state index contributed by atoms with van der Waals surface area (Å²) in [6.07, 6.45) is 4.04. The molecular weight excluding hydrogens is 493 g/mol. The van der Waals surface area contributed by atoms with Crippen LogP contribution in [0.5, 0.6) is 0 Å². The van der Waals surface area contributed by atoms with Crippen LogP contribution in [0, 0.1) is 17.8 Å². The van der Waals surface area contributed by atoms with E-state index in [-0.39, 0.29) is 35.1 Å². The van der Waals surface area contributed by atoms with Crippen LogP contribution >= 0.6 is 0 Å². The molecule has 0 bridgehead atoms. The van der Waals surface area contributed by atoms with Crippen molar-refractivity contribution in [3.63, 3.8) is 0 Å². The van der Waals surface area contributed by atoms with Crippen molar-refractivity contribution in [3.05, 3.63) is 24.0 Å². The predicted molar refractivity (Wildman–Crippen MR) is 114 cm³/mol. The second kappa shape index (κ2) is 9.30. The van der Waals surface area contributed by atoms with Gasteiger partial charge in [0.2, 0.25) is 0 Å². The molecule has 1 aliphatic carbocycles. The zero-order valence-electron chi connectivity index (χ0n) is 17.4. The molecule has 3 heterocycles. The summed E-state index contributed by atoms with van der Waals surface area (Å²) in [6, 6.07) is 1.08. The first-order chi connectivity index (χ1) is 15.2. The SMILES string of the molecule is CN1CC[C@@H](Nc2nccn3c([Se]C(F)(F)F)c(C#CCNC(=O)C4CC4)cc23)[C@@H](F)C1. The molecule has 1 amide bonds. The zero-order chi connectivity index (χ0) is 22.9. The van der Waals surface area contributed by atoms with E-state index in [1.165, 1.54) is 16.8 Å². The van der Waals surface area contributed by atoms with Crippen molar-refractivity contribution in [2.45, 2.75) is 36.6 Å². The van der Waals surface area contributed by atoms with Gasteiger partial charge in [-0.05, 0) is 0 Å². The van der Waals surface area contributed by atoms with Gasteiger partial charge in [-0.3, -0.25) is 0 Å². The third kappa shape index (κ3) is 5.55. The summed E-state index contributed by atoms with van der Waals surface area (Å²) < 4.78 is 55.9. The standard InChI is InChI=1S/C21H23F4N5OSe/c1-29-9-6-16(15(22)12-29)28-18-17-11-14(3-2-7-27-19(31)13-4-5-13)20(32-21(23,24)25)30(17)10-8-26-18/h8,10-11,13,15-16H,4-7,9,12H2,1H3,(H,26,28)(H,27,31)/t15-,16+/m0/s1. The summed E-state index contributed by atoms with van der Waals surface area (Å²) in [5, 5.41) is 1.40. The number of nitrogens with zero attached hydrogens (tertiary/aromatic N) is 3. The Morgan fingerprint density at radius 3 is 2.81 bits per heavy atom. The second-order valence-electron chi connectivity index (χ2n) is 8.05. The summed E-state index contributed by atoms with van der Waals surface area (Å²) >= 11 is -1.84. The number of hydrogen-bond acceptors (Lipinski definition) is 4. The number of piperidine rings is 1. The Balaban J connectivity index is 1.61. The fourth-order valence-corrected chi connectivity index (χ4v) is 5.11. The quantitative estimate of drug-likeness (QED) is 0.360. The summed E-state index contributed by atoms with van der Waals surface area (Å²) in [5.74, 6) is 5.83. The van der Waals surface area contributed by atoms with Gasteiger partial charge in [-0.1, -0.05) is 0 Å². The Bertz CT molecular complexity index is 1060. The second-order valence-corrected chi connectivity index (χ2v) is 10.3. The van der Waals surface area contributed by atoms with Crippen LogP contribution in [0.25, 0.3) is 5.52 Å². The van der Waals surface area contributed by atoms with Crippen LogP contribution in [-0.2, 0) is 4.79 Å². The van der Waals surface area contributed by atoms with E-state index >= 15 is 0 Å². The summed E-state index contributed by atoms with van der Waals surface area (Å²) in [6.45, 7) is 1.07. The molecule has 2 fully saturated rings. The molecule has 2 N–H and O–H groups in total. The first kappa shape index (κ1) is 22.9. The number of alkyl halides is 4. The first-order valence-corrected chi connectivity index (χ1v) is 12.0. The number of nitrogens with one attached hydrogen (secondary N) is 2. The predicted octanol–water partition coefficient (Wildman–Crippen LogP) is 1.52. The molecule has 2 aliphatic rings. The molecule has 0 unspecified atom stereocenters. The average Bonchev–Trinajstić information content (AvgIpc) is 3.51. The molecule has 11 heteroatoms. The van der Waals surface area contributed by atoms with Crippen LogP contribution in [0.4, 0.5) is 23.4 Å². The molecule has 6 nitrogen and oxygen atoms in total. The minimum atomic E-state index is -4.37. The van der Waals surface area contributed by atoms with E-state index < -0.39 is 32.2 Å². The van der Waals surface area contributed by atoms with Gasteiger partial charge in [-0.2, -0.15) is 0 Å². The van der Waals surface area contributed by atoms with Gasteiger partial charge in [-0.15, -0.1) is 0 Å². The van der Waals surface area contributed by atoms with E-state index in [9.17, 15) is 22.4 Å². The van der Waals surface area contributed by atoms with E-state index in [0.29, 0.717) is 24.3 Å². The summed E-state index contributed by atoms with van der Waals surface area (Å²) in [4.78, 5) is 17.9. The topological polar surface area (TPSA) is 61.7 Å². The number of carbonyl (C=O) groups excluding carboxylic acids is 1. The number of hydrogen-bond donors (Lipinski definition) is 2. The van der Waals surface area contributed by atoms with Gasteiger partial charge >= 0.3 is 189 Å². The van der Waals surface area contributed by atoms with E-state index in [1.807, 2.05) is 11.9 Å². The van der Waals surface area contributed by atoms with Crippen LogP contribution in [0.3, 0.4) is 0 Å². The van der Waals surface area contributed by atoms with Gasteiger partial charge in [0.05, 0.1) is 0 Å². The third-order valence-corrected chi connectivity index (χ3v) is 7.22. The van der Waals surface area contributed by atoms with Gasteiger partial charge < -0.3 is 0 Å². The van der Waals surface area contributed by atoms with Crippen molar-refractivity contribution in [2.24, 2.45) is 5.92 Å². The number of halogens is 4. The number of carbonyl (C=O) groups is 1. The van der Waals surface area contributed by atoms with E-state index in [0.717, 1.165) is 12.8 Å². The number of amides is 1. The molecule has 1 saturated heterocycles. The monoisotopic (exact) mass is 517 g/mol. The van der Waals surface area contributed by atoms with Gasteiger partial charge in [0.1, 0.15) is 0 Å². The molecule has 32 heavy (non-hydrogen) atoms. The van der Waals surface area contributed by atoms with Crippen molar-refractivity contribution in [1.82, 2.24) is 19.6 Å². The molecule has 0 aromatic carbocycles. The van der Waals surface area contributed by atoms with Crippen molar-refractivity contribution >= 4 is 36.8 Å². The Morgan fingerprint density at radius 1 is 1.34 bits per heavy atom. The minimum absolute atomic E-state index is 0.0385. The fourth-order valence-electron chi connectivity index (χ4n) is 3.65. The number of anilines is 1. The van der Waals surface area contributed by atoms with Crippen LogP contribution in [0.2, 0.25) is 0 Å². The van der Waals surface area contributed by atoms with Crippen molar-refractivity contribution < 1.29 is 22.4 Å². The van der Waals surface area contributed by atoms with Crippen molar-refractivity contribution in [1.29, 1.82) is 0 Å². The summed E-state index contributed by atoms with van der Waals surface area (Å²) in [7, 11) is 1.85. The van der Waals surface area contributed by atoms with Gasteiger partial charge in [0.25, 0.3) is 0 Å². The number of likely N-dealkylation sites (tertiary alicyclic amines) is 1. The van der Waals surface area contributed by atoms with E-state index in [2.05, 4.69) is 27.5 Å². The van der Waals surface area contributed by atoms with E-state index in [4.69, 9.17) is 0 Å². The normalized spacial score (nSPS) is 21.8. The fraction of sp³-hybridized carbons (Fsp3) is 0.524. The molecule has 0 radical (unpaired) electrons. The zero-order valence-corrected chi connectivity index (χ0v) is 19.1. The summed E-state index contributed by atoms with van der Waals surface area (Å²) in [5.41, 5.74) is 0.658. The molecular formula is C21H23F4N5OSe. The van der Waals surface area contributed by atoms with Gasteiger partial charge in [0.15, 0.2) is 0 Å². The molecule has 2 aromatic heterocycles. The Labute approximate surface area is 189 Å². The molecule has 1 aliphatic heterocycles. The Hall–Kier alpha value is -2.28. The molecule has 4 rings (SSSR count). The maximum absolute atomic E-state index is 14.5. The van der Waals surface area contributed by atoms with Crippen LogP contribution < -0.4 is 15.2 Å². The van der Waals surface area contributed by atoms with Crippen LogP contribution in [0.1, 0.15) is 24.8 Å². The first-order valence-electron chi connectivity index (χ1n) is 10.3. The van der Waals surface area contributed by atoms with Gasteiger partial charge in [0, 0.05) is 0 Å². The van der Waals surface area contributed by atoms with Crippen molar-refractivity contribution in [2.75, 3.05) is 32.0 Å². The third-order valence-electron chi connectivity index (χ3n) is 5.45. The average molecular weight is 516 g/mol. The van der Waals surface area contributed by atoms with Crippen molar-refractivity contribution in [3.8, 4) is 11.8 Å². The molecule has 172 valence electrons. The number of aromatic nitrogens is 2. The molecule has 2 aromatic rings. The van der Waals surface area contributed by atoms with Crippen LogP contribution in [-0.4, -0.2) is 79.1 Å². The van der Waals surface area contributed by atoms with Gasteiger partial charge in [-0.25, -0.2) is 0 Å².